The maximum atomic E-state index is 14.9. The first-order chi connectivity index (χ1) is 16.1. The lowest BCUT2D eigenvalue weighted by atomic mass is 10.0. The van der Waals surface area contributed by atoms with Crippen molar-refractivity contribution in [1.29, 1.82) is 0 Å². The zero-order valence-electron chi connectivity index (χ0n) is 19.1. The fraction of sp³-hybridized carbons (Fsp3) is 0.435. The summed E-state index contributed by atoms with van der Waals surface area (Å²) < 4.78 is 65.2. The molecular weight excluding hydrogens is 469 g/mol. The van der Waals surface area contributed by atoms with Gasteiger partial charge in [0.05, 0.1) is 18.2 Å². The molecule has 1 amide bonds. The van der Waals surface area contributed by atoms with E-state index in [0.717, 1.165) is 38.5 Å². The van der Waals surface area contributed by atoms with Crippen LogP contribution in [0.25, 0.3) is 0 Å². The number of carbonyl (C=O) groups is 1. The minimum atomic E-state index is -2.52. The van der Waals surface area contributed by atoms with Crippen LogP contribution in [0.3, 0.4) is 0 Å². The first-order valence-corrected chi connectivity index (χ1v) is 12.0. The first-order valence-electron chi connectivity index (χ1n) is 10.9. The Morgan fingerprint density at radius 2 is 1.68 bits per heavy atom. The first kappa shape index (κ1) is 26.1. The normalized spacial score (nSPS) is 16.1. The molecule has 2 atom stereocenters. The van der Waals surface area contributed by atoms with Crippen molar-refractivity contribution in [1.82, 2.24) is 14.1 Å². The molecule has 1 unspecified atom stereocenters. The summed E-state index contributed by atoms with van der Waals surface area (Å²) in [5.41, 5.74) is 4.61. The Morgan fingerprint density at radius 1 is 1.09 bits per heavy atom. The molecule has 1 aliphatic heterocycles. The smallest absolute Gasteiger partial charge is 0.234 e. The van der Waals surface area contributed by atoms with Gasteiger partial charge < -0.3 is 15.5 Å². The fourth-order valence-electron chi connectivity index (χ4n) is 4.15. The minimum absolute atomic E-state index is 0.335. The second kappa shape index (κ2) is 11.3. The number of carbonyl (C=O) groups excluding carboxylic acids is 1. The van der Waals surface area contributed by atoms with E-state index in [-0.39, 0.29) is 6.04 Å². The molecule has 1 heterocycles. The van der Waals surface area contributed by atoms with E-state index < -0.39 is 64.4 Å². The van der Waals surface area contributed by atoms with Crippen LogP contribution in [0.5, 0.6) is 0 Å². The van der Waals surface area contributed by atoms with Crippen molar-refractivity contribution in [2.75, 3.05) is 39.5 Å². The zero-order valence-corrected chi connectivity index (χ0v) is 20.0. The Kier molecular flexibility index (Phi) is 8.69. The molecule has 186 valence electrons. The summed E-state index contributed by atoms with van der Waals surface area (Å²) in [5.74, 6) is -4.77. The van der Waals surface area contributed by atoms with Gasteiger partial charge in [0.15, 0.2) is 17.5 Å². The van der Waals surface area contributed by atoms with Crippen LogP contribution in [0.4, 0.5) is 18.9 Å². The van der Waals surface area contributed by atoms with Crippen molar-refractivity contribution in [3.05, 3.63) is 64.5 Å². The molecule has 0 saturated carbocycles. The number of likely N-dealkylation sites (N-methyl/N-ethyl adjacent to an activating group) is 1. The molecule has 0 bridgehead atoms. The van der Waals surface area contributed by atoms with Gasteiger partial charge in [0.1, 0.15) is 0 Å². The largest absolute Gasteiger partial charge is 0.396 e. The van der Waals surface area contributed by atoms with Gasteiger partial charge in [-0.05, 0) is 31.5 Å². The summed E-state index contributed by atoms with van der Waals surface area (Å²) >= 11 is -2.52. The van der Waals surface area contributed by atoms with Gasteiger partial charge in [-0.25, -0.2) is 17.4 Å². The van der Waals surface area contributed by atoms with Crippen molar-refractivity contribution in [3.8, 4) is 0 Å². The fourth-order valence-corrected chi connectivity index (χ4v) is 4.39. The lowest BCUT2D eigenvalue weighted by molar-refractivity contribution is -0.131. The standard InChI is InChI=1S/C23H29F3N4O3S/c1-28(34(32)33)13-17-21(25)20(24)16(23(27)22(17)26)12-19(31)29(2)18(14-30-10-6-7-11-30)15-8-4-3-5-9-15/h3-5,8-9,18H,6-7,10-14,27H2,1-2H3,(H,32,33)/t18-/m1/s1. The van der Waals surface area contributed by atoms with E-state index in [4.69, 9.17) is 10.3 Å². The van der Waals surface area contributed by atoms with Crippen LogP contribution in [0.1, 0.15) is 35.6 Å². The predicted molar refractivity (Wildman–Crippen MR) is 124 cm³/mol. The van der Waals surface area contributed by atoms with Crippen LogP contribution < -0.4 is 5.73 Å². The van der Waals surface area contributed by atoms with E-state index >= 15 is 0 Å². The second-order valence-electron chi connectivity index (χ2n) is 8.45. The highest BCUT2D eigenvalue weighted by Crippen LogP contribution is 2.30. The van der Waals surface area contributed by atoms with Crippen LogP contribution in [0, 0.1) is 17.5 Å². The van der Waals surface area contributed by atoms with E-state index in [1.807, 2.05) is 30.3 Å². The molecule has 0 aromatic heterocycles. The number of amides is 1. The molecule has 0 aliphatic carbocycles. The number of nitrogens with zero attached hydrogens (tertiary/aromatic N) is 3. The van der Waals surface area contributed by atoms with Gasteiger partial charge in [-0.2, -0.15) is 4.31 Å². The van der Waals surface area contributed by atoms with Crippen molar-refractivity contribution in [3.63, 3.8) is 0 Å². The number of nitrogen functional groups attached to an aromatic ring is 1. The highest BCUT2D eigenvalue weighted by molar-refractivity contribution is 7.76. The highest BCUT2D eigenvalue weighted by Gasteiger charge is 2.30. The average molecular weight is 499 g/mol. The number of hydrogen-bond acceptors (Lipinski definition) is 4. The van der Waals surface area contributed by atoms with Crippen LogP contribution in [0.15, 0.2) is 30.3 Å². The van der Waals surface area contributed by atoms with Crippen molar-refractivity contribution in [2.24, 2.45) is 0 Å². The Balaban J connectivity index is 1.87. The third-order valence-corrected chi connectivity index (χ3v) is 6.86. The van der Waals surface area contributed by atoms with Crippen molar-refractivity contribution in [2.45, 2.75) is 31.8 Å². The molecule has 3 rings (SSSR count). The third kappa shape index (κ3) is 5.77. The highest BCUT2D eigenvalue weighted by atomic mass is 32.2. The number of halogens is 3. The molecular formula is C23H29F3N4O3S. The lowest BCUT2D eigenvalue weighted by Gasteiger charge is -2.32. The molecule has 0 radical (unpaired) electrons. The summed E-state index contributed by atoms with van der Waals surface area (Å²) in [4.78, 5) is 16.8. The Labute approximate surface area is 199 Å². The number of anilines is 1. The second-order valence-corrected chi connectivity index (χ2v) is 9.53. The summed E-state index contributed by atoms with van der Waals surface area (Å²) in [5, 5.41) is 0. The van der Waals surface area contributed by atoms with E-state index in [9.17, 15) is 22.2 Å². The van der Waals surface area contributed by atoms with Gasteiger partial charge in [0, 0.05) is 38.3 Å². The van der Waals surface area contributed by atoms with E-state index in [2.05, 4.69) is 4.90 Å². The Bertz CT molecular complexity index is 1020. The topological polar surface area (TPSA) is 90.1 Å². The quantitative estimate of drug-likeness (QED) is 0.315. The number of hydrogen-bond donors (Lipinski definition) is 2. The number of likely N-dealkylation sites (tertiary alicyclic amines) is 1. The summed E-state index contributed by atoms with van der Waals surface area (Å²) in [6.45, 7) is 1.73. The molecule has 1 fully saturated rings. The lowest BCUT2D eigenvalue weighted by Crippen LogP contribution is -2.39. The average Bonchev–Trinajstić information content (AvgIpc) is 3.35. The number of benzene rings is 2. The van der Waals surface area contributed by atoms with Crippen LogP contribution in [-0.2, 0) is 29.0 Å². The maximum absolute atomic E-state index is 14.9. The Morgan fingerprint density at radius 3 is 2.26 bits per heavy atom. The molecule has 3 N–H and O–H groups in total. The van der Waals surface area contributed by atoms with E-state index in [1.54, 1.807) is 7.05 Å². The maximum Gasteiger partial charge on any atom is 0.234 e. The monoisotopic (exact) mass is 498 g/mol. The van der Waals surface area contributed by atoms with Crippen LogP contribution in [0.2, 0.25) is 0 Å². The molecule has 34 heavy (non-hydrogen) atoms. The summed E-state index contributed by atoms with van der Waals surface area (Å²) in [6.07, 6.45) is 1.52. The van der Waals surface area contributed by atoms with Gasteiger partial charge in [0.2, 0.25) is 17.2 Å². The minimum Gasteiger partial charge on any atom is -0.396 e. The van der Waals surface area contributed by atoms with Crippen molar-refractivity contribution >= 4 is 22.9 Å². The Hall–Kier alpha value is -2.47. The van der Waals surface area contributed by atoms with E-state index in [1.165, 1.54) is 4.90 Å². The molecule has 7 nitrogen and oxygen atoms in total. The predicted octanol–water partition coefficient (Wildman–Crippen LogP) is 3.09. The summed E-state index contributed by atoms with van der Waals surface area (Å²) in [6, 6.07) is 9.05. The molecule has 2 aromatic rings. The number of rotatable bonds is 9. The SMILES string of the molecule is CN(C(=O)Cc1c(N)c(F)c(CN(C)S(=O)O)c(F)c1F)[C@H](CN1CCCC1)c1ccccc1. The molecule has 0 spiro atoms. The van der Waals surface area contributed by atoms with Crippen LogP contribution in [-0.4, -0.2) is 62.5 Å². The van der Waals surface area contributed by atoms with Gasteiger partial charge in [-0.3, -0.25) is 9.35 Å². The molecule has 2 aromatic carbocycles. The summed E-state index contributed by atoms with van der Waals surface area (Å²) in [7, 11) is 2.72. The molecule has 1 aliphatic rings. The van der Waals surface area contributed by atoms with E-state index in [0.29, 0.717) is 10.8 Å². The number of nitrogens with two attached hydrogens (primary N) is 1. The zero-order chi connectivity index (χ0) is 25.0. The molecule has 1 saturated heterocycles. The van der Waals surface area contributed by atoms with Gasteiger partial charge in [-0.15, -0.1) is 0 Å². The molecule has 11 heteroatoms. The van der Waals surface area contributed by atoms with Gasteiger partial charge in [0.25, 0.3) is 0 Å². The van der Waals surface area contributed by atoms with Gasteiger partial charge in [-0.1, -0.05) is 30.3 Å². The van der Waals surface area contributed by atoms with Crippen LogP contribution >= 0.6 is 0 Å². The van der Waals surface area contributed by atoms with Crippen molar-refractivity contribution < 1.29 is 26.7 Å². The third-order valence-electron chi connectivity index (χ3n) is 6.20. The van der Waals surface area contributed by atoms with Gasteiger partial charge >= 0.3 is 0 Å².